The molecule has 7 nitrogen and oxygen atoms in total. The first-order valence-electron chi connectivity index (χ1n) is 15.7. The fourth-order valence-electron chi connectivity index (χ4n) is 5.20. The van der Waals surface area contributed by atoms with Gasteiger partial charge in [-0.2, -0.15) is 5.10 Å². The molecule has 0 aliphatic rings. The van der Waals surface area contributed by atoms with Crippen LogP contribution in [-0.2, 0) is 26.2 Å². The van der Waals surface area contributed by atoms with E-state index in [2.05, 4.69) is 23.5 Å². The van der Waals surface area contributed by atoms with Crippen molar-refractivity contribution in [3.05, 3.63) is 156 Å². The average Bonchev–Trinajstić information content (AvgIpc) is 3.52. The highest BCUT2D eigenvalue weighted by molar-refractivity contribution is 5.84. The van der Waals surface area contributed by atoms with Gasteiger partial charge < -0.3 is 24.6 Å². The van der Waals surface area contributed by atoms with E-state index in [-0.39, 0.29) is 6.61 Å². The molecule has 0 amide bonds. The number of hydrogen-bond acceptors (Lipinski definition) is 6. The van der Waals surface area contributed by atoms with Gasteiger partial charge in [0.25, 0.3) is 0 Å². The van der Waals surface area contributed by atoms with Gasteiger partial charge in [-0.1, -0.05) is 103 Å². The van der Waals surface area contributed by atoms with E-state index in [1.165, 1.54) is 5.56 Å². The first-order valence-corrected chi connectivity index (χ1v) is 15.7. The van der Waals surface area contributed by atoms with E-state index in [0.717, 1.165) is 34.0 Å². The number of fused-ring (bicyclic) bond motifs is 1. The molecule has 1 unspecified atom stereocenters. The second-order valence-electron chi connectivity index (χ2n) is 11.2. The molecule has 0 radical (unpaired) electrons. The van der Waals surface area contributed by atoms with Crippen LogP contribution >= 0.6 is 0 Å². The monoisotopic (exact) mass is 613 g/mol. The largest absolute Gasteiger partial charge is 0.490 e. The minimum atomic E-state index is -0.659. The normalized spacial score (nSPS) is 11.8. The Balaban J connectivity index is 0.996. The van der Waals surface area contributed by atoms with E-state index in [1.807, 2.05) is 120 Å². The third-order valence-corrected chi connectivity index (χ3v) is 7.63. The van der Waals surface area contributed by atoms with Crippen molar-refractivity contribution >= 4 is 10.9 Å². The molecule has 7 heteroatoms. The quantitative estimate of drug-likeness (QED) is 0.117. The molecule has 0 aliphatic heterocycles. The van der Waals surface area contributed by atoms with Crippen molar-refractivity contribution in [2.45, 2.75) is 32.3 Å². The maximum absolute atomic E-state index is 10.6. The molecule has 0 saturated heterocycles. The van der Waals surface area contributed by atoms with E-state index in [0.29, 0.717) is 50.1 Å². The lowest BCUT2D eigenvalue weighted by Crippen LogP contribution is -2.32. The summed E-state index contributed by atoms with van der Waals surface area (Å²) in [5, 5.41) is 19.6. The molecule has 1 aromatic heterocycles. The Morgan fingerprint density at radius 3 is 1.98 bits per heavy atom. The van der Waals surface area contributed by atoms with Crippen LogP contribution in [0, 0.1) is 0 Å². The van der Waals surface area contributed by atoms with Crippen LogP contribution < -0.4 is 19.5 Å². The number of aromatic nitrogens is 2. The van der Waals surface area contributed by atoms with Gasteiger partial charge in [0.15, 0.2) is 11.5 Å². The van der Waals surface area contributed by atoms with Gasteiger partial charge in [0.1, 0.15) is 31.7 Å². The van der Waals surface area contributed by atoms with Gasteiger partial charge in [0, 0.05) is 12.7 Å². The van der Waals surface area contributed by atoms with Gasteiger partial charge in [-0.05, 0) is 59.5 Å². The second-order valence-corrected chi connectivity index (χ2v) is 11.2. The number of aliphatic hydroxyl groups excluding tert-OH is 1. The van der Waals surface area contributed by atoms with Crippen molar-refractivity contribution < 1.29 is 19.3 Å². The molecular formula is C39H39N3O4. The number of nitrogens with zero attached hydrogens (tertiary/aromatic N) is 2. The van der Waals surface area contributed by atoms with E-state index < -0.39 is 6.10 Å². The first-order chi connectivity index (χ1) is 22.7. The van der Waals surface area contributed by atoms with Crippen molar-refractivity contribution in [1.82, 2.24) is 15.1 Å². The Labute approximate surface area is 270 Å². The van der Waals surface area contributed by atoms with Crippen molar-refractivity contribution in [3.8, 4) is 17.2 Å². The van der Waals surface area contributed by atoms with Crippen LogP contribution in [0.5, 0.6) is 17.2 Å². The maximum atomic E-state index is 10.6. The molecule has 5 aromatic carbocycles. The summed E-state index contributed by atoms with van der Waals surface area (Å²) < 4.78 is 20.3. The van der Waals surface area contributed by atoms with Crippen molar-refractivity contribution in [2.75, 3.05) is 19.7 Å². The van der Waals surface area contributed by atoms with Gasteiger partial charge in [-0.15, -0.1) is 0 Å². The molecule has 6 rings (SSSR count). The molecular weight excluding hydrogens is 574 g/mol. The van der Waals surface area contributed by atoms with Crippen LogP contribution in [0.25, 0.3) is 10.9 Å². The smallest absolute Gasteiger partial charge is 0.161 e. The van der Waals surface area contributed by atoms with Crippen LogP contribution in [0.3, 0.4) is 0 Å². The highest BCUT2D eigenvalue weighted by Gasteiger charge is 2.12. The Bertz CT molecular complexity index is 1790. The summed E-state index contributed by atoms with van der Waals surface area (Å²) in [5.74, 6) is 2.14. The molecule has 0 aliphatic carbocycles. The molecule has 2 N–H and O–H groups in total. The zero-order chi connectivity index (χ0) is 31.4. The number of hydrogen-bond donors (Lipinski definition) is 2. The van der Waals surface area contributed by atoms with E-state index in [9.17, 15) is 5.11 Å². The zero-order valence-corrected chi connectivity index (χ0v) is 25.8. The lowest BCUT2D eigenvalue weighted by atomic mass is 10.1. The zero-order valence-electron chi connectivity index (χ0n) is 25.8. The highest BCUT2D eigenvalue weighted by atomic mass is 16.5. The number of aliphatic hydroxyl groups is 1. The van der Waals surface area contributed by atoms with Crippen LogP contribution in [0.1, 0.15) is 22.3 Å². The number of ether oxygens (including phenoxy) is 3. The van der Waals surface area contributed by atoms with Crippen LogP contribution in [0.2, 0.25) is 0 Å². The van der Waals surface area contributed by atoms with E-state index in [4.69, 9.17) is 19.3 Å². The van der Waals surface area contributed by atoms with Crippen LogP contribution in [0.4, 0.5) is 0 Å². The van der Waals surface area contributed by atoms with Gasteiger partial charge in [0.2, 0.25) is 0 Å². The summed E-state index contributed by atoms with van der Waals surface area (Å²) >= 11 is 0. The Morgan fingerprint density at radius 1 is 0.630 bits per heavy atom. The summed E-state index contributed by atoms with van der Waals surface area (Å²) in [5.41, 5.74) is 5.36. The minimum absolute atomic E-state index is 0.181. The van der Waals surface area contributed by atoms with Crippen LogP contribution in [0.15, 0.2) is 134 Å². The fraction of sp³-hybridized carbons (Fsp3) is 0.205. The second kappa shape index (κ2) is 15.8. The summed E-state index contributed by atoms with van der Waals surface area (Å²) in [6, 6.07) is 42.4. The Kier molecular flexibility index (Phi) is 10.6. The van der Waals surface area contributed by atoms with E-state index >= 15 is 0 Å². The van der Waals surface area contributed by atoms with Gasteiger partial charge >= 0.3 is 0 Å². The molecule has 1 atom stereocenters. The van der Waals surface area contributed by atoms with Gasteiger partial charge in [-0.25, -0.2) is 0 Å². The predicted molar refractivity (Wildman–Crippen MR) is 181 cm³/mol. The standard InChI is InChI=1S/C39H39N3O4/c43-34(29-46-37-18-10-17-36-35(37)26-42(41-36)25-31-11-4-1-5-12-31)24-40-22-21-30-19-20-38(44-27-32-13-6-2-7-14-32)39(23-30)45-28-33-15-8-3-9-16-33/h1-20,23,26,34,40,43H,21-22,24-25,27-29H2. The molecule has 0 fully saturated rings. The lowest BCUT2D eigenvalue weighted by Gasteiger charge is -2.16. The summed E-state index contributed by atoms with van der Waals surface area (Å²) in [7, 11) is 0. The fourth-order valence-corrected chi connectivity index (χ4v) is 5.20. The molecule has 6 aromatic rings. The summed E-state index contributed by atoms with van der Waals surface area (Å²) in [6.45, 7) is 2.90. The molecule has 1 heterocycles. The van der Waals surface area contributed by atoms with Crippen molar-refractivity contribution in [1.29, 1.82) is 0 Å². The maximum Gasteiger partial charge on any atom is 0.161 e. The predicted octanol–water partition coefficient (Wildman–Crippen LogP) is 6.81. The highest BCUT2D eigenvalue weighted by Crippen LogP contribution is 2.30. The Hall–Kier alpha value is -5.11. The summed E-state index contributed by atoms with van der Waals surface area (Å²) in [4.78, 5) is 0. The summed E-state index contributed by atoms with van der Waals surface area (Å²) in [6.07, 6.45) is 2.11. The van der Waals surface area contributed by atoms with Gasteiger partial charge in [0.05, 0.1) is 17.4 Å². The van der Waals surface area contributed by atoms with E-state index in [1.54, 1.807) is 0 Å². The third kappa shape index (κ3) is 8.75. The topological polar surface area (TPSA) is 77.8 Å². The average molecular weight is 614 g/mol. The Morgan fingerprint density at radius 2 is 1.28 bits per heavy atom. The number of benzene rings is 5. The number of nitrogens with one attached hydrogen (secondary N) is 1. The molecule has 0 bridgehead atoms. The lowest BCUT2D eigenvalue weighted by molar-refractivity contribution is 0.107. The van der Waals surface area contributed by atoms with Crippen molar-refractivity contribution in [3.63, 3.8) is 0 Å². The van der Waals surface area contributed by atoms with Crippen LogP contribution in [-0.4, -0.2) is 40.7 Å². The minimum Gasteiger partial charge on any atom is -0.490 e. The third-order valence-electron chi connectivity index (χ3n) is 7.63. The molecule has 0 saturated carbocycles. The van der Waals surface area contributed by atoms with Gasteiger partial charge in [-0.3, -0.25) is 4.68 Å². The molecule has 234 valence electrons. The number of rotatable bonds is 16. The van der Waals surface area contributed by atoms with Crippen molar-refractivity contribution in [2.24, 2.45) is 0 Å². The molecule has 46 heavy (non-hydrogen) atoms. The molecule has 0 spiro atoms. The SMILES string of the molecule is OC(CNCCc1ccc(OCc2ccccc2)c(OCc2ccccc2)c1)COc1cccc2nn(Cc3ccccc3)cc12. The first kappa shape index (κ1) is 30.9.